The standard InChI is InChI=1S/C40H64O14/c1-18-7-8-27(52-35(18)54-37-33(47)34(49-6)29(43)20(3)50-37)19(2)40(48)14-11-24-22-16-26(42)25-15-21(9-12-38(25,4)23(22)10-13-39(24,40)5)51-36-32(46)31(45)30(44)28(17-41)53-36/h16,18-21,23-25,27-37,41,43-48H,7-15,17H2,1-6H3/t18-,19-,20+,21+,23+,24+,25-,27+,28-,29+,30-,31+,32-,33-,34-,35+,36-,37+,38-,39+,40+/m1/s1. The van der Waals surface area contributed by atoms with Crippen LogP contribution in [0.3, 0.4) is 0 Å². The monoisotopic (exact) mass is 768 g/mol. The van der Waals surface area contributed by atoms with Gasteiger partial charge in [-0.2, -0.15) is 0 Å². The normalized spacial score (nSPS) is 54.3. The molecule has 14 heteroatoms. The lowest BCUT2D eigenvalue weighted by Crippen LogP contribution is -2.61. The summed E-state index contributed by atoms with van der Waals surface area (Å²) in [5, 5.41) is 74.8. The molecule has 14 nitrogen and oxygen atoms in total. The Morgan fingerprint density at radius 2 is 1.50 bits per heavy atom. The molecule has 7 rings (SSSR count). The third-order valence-electron chi connectivity index (χ3n) is 15.6. The Hall–Kier alpha value is -1.11. The zero-order valence-electron chi connectivity index (χ0n) is 32.5. The van der Waals surface area contributed by atoms with Crippen LogP contribution >= 0.6 is 0 Å². The molecular weight excluding hydrogens is 704 g/mol. The number of hydrogen-bond donors (Lipinski definition) is 7. The molecule has 7 N–H and O–H groups in total. The Morgan fingerprint density at radius 1 is 0.796 bits per heavy atom. The van der Waals surface area contributed by atoms with Crippen LogP contribution in [0.1, 0.15) is 92.4 Å². The zero-order valence-corrected chi connectivity index (χ0v) is 32.5. The van der Waals surface area contributed by atoms with Gasteiger partial charge in [0.25, 0.3) is 0 Å². The maximum Gasteiger partial charge on any atom is 0.189 e. The number of aliphatic hydroxyl groups excluding tert-OH is 6. The minimum absolute atomic E-state index is 0.00851. The number of fused-ring (bicyclic) bond motifs is 5. The molecule has 0 radical (unpaired) electrons. The van der Waals surface area contributed by atoms with Crippen LogP contribution in [0.4, 0.5) is 0 Å². The average molecular weight is 769 g/mol. The van der Waals surface area contributed by atoms with E-state index in [2.05, 4.69) is 20.8 Å². The molecule has 6 fully saturated rings. The number of carbonyl (C=O) groups excluding carboxylic acids is 1. The molecule has 0 aromatic heterocycles. The second-order valence-corrected chi connectivity index (χ2v) is 18.3. The Balaban J connectivity index is 1.04. The highest BCUT2D eigenvalue weighted by Crippen LogP contribution is 2.68. The molecule has 0 bridgehead atoms. The minimum Gasteiger partial charge on any atom is -0.394 e. The smallest absolute Gasteiger partial charge is 0.189 e. The highest BCUT2D eigenvalue weighted by atomic mass is 16.8. The van der Waals surface area contributed by atoms with Crippen molar-refractivity contribution in [1.29, 1.82) is 0 Å². The van der Waals surface area contributed by atoms with Gasteiger partial charge in [-0.1, -0.05) is 33.3 Å². The van der Waals surface area contributed by atoms with Gasteiger partial charge in [0.15, 0.2) is 24.7 Å². The van der Waals surface area contributed by atoms with Crippen LogP contribution in [0.15, 0.2) is 11.6 Å². The molecule has 3 saturated heterocycles. The number of methoxy groups -OCH3 is 1. The summed E-state index contributed by atoms with van der Waals surface area (Å²) in [5.74, 6) is -0.280. The number of ketones is 1. The van der Waals surface area contributed by atoms with Crippen LogP contribution in [0.25, 0.3) is 0 Å². The maximum atomic E-state index is 14.1. The number of carbonyl (C=O) groups is 1. The molecule has 54 heavy (non-hydrogen) atoms. The second-order valence-electron chi connectivity index (χ2n) is 18.3. The van der Waals surface area contributed by atoms with E-state index < -0.39 is 91.4 Å². The molecule has 3 saturated carbocycles. The highest BCUT2D eigenvalue weighted by molar-refractivity contribution is 5.94. The topological polar surface area (TPSA) is 214 Å². The number of allylic oxidation sites excluding steroid dienone is 2. The summed E-state index contributed by atoms with van der Waals surface area (Å²) in [4.78, 5) is 14.1. The lowest BCUT2D eigenvalue weighted by atomic mass is 9.46. The second kappa shape index (κ2) is 15.2. The average Bonchev–Trinajstić information content (AvgIpc) is 3.43. The zero-order chi connectivity index (χ0) is 39.1. The van der Waals surface area contributed by atoms with Crippen molar-refractivity contribution in [2.24, 2.45) is 40.4 Å². The van der Waals surface area contributed by atoms with Crippen molar-refractivity contribution >= 4 is 5.78 Å². The molecule has 0 unspecified atom stereocenters. The molecule has 0 aromatic rings. The predicted molar refractivity (Wildman–Crippen MR) is 190 cm³/mol. The van der Waals surface area contributed by atoms with E-state index in [0.717, 1.165) is 44.1 Å². The van der Waals surface area contributed by atoms with Crippen LogP contribution in [0.5, 0.6) is 0 Å². The van der Waals surface area contributed by atoms with Crippen molar-refractivity contribution in [2.45, 2.75) is 178 Å². The van der Waals surface area contributed by atoms with Crippen LogP contribution in [0.2, 0.25) is 0 Å². The summed E-state index contributed by atoms with van der Waals surface area (Å²) in [7, 11) is 1.43. The number of ether oxygens (including phenoxy) is 6. The van der Waals surface area contributed by atoms with Crippen molar-refractivity contribution < 1.29 is 69.0 Å². The number of rotatable bonds is 8. The fourth-order valence-electron chi connectivity index (χ4n) is 11.9. The SMILES string of the molecule is CO[C@@H]1[C@@H](O)[C@H](C)O[C@@H](O[C@@H]2O[C@H]([C@@H](C)[C@@]3(O)CC[C@H]4C5=CC(=O)[C@H]6C[C@@H](O[C@@H]7O[C@H](CO)[C@@H](O)[C@H](O)[C@H]7O)CC[C@]6(C)[C@H]5CC[C@@]43C)CC[C@H]2C)[C@@H]1O. The van der Waals surface area contributed by atoms with Crippen LogP contribution in [0, 0.1) is 40.4 Å². The van der Waals surface area contributed by atoms with Crippen LogP contribution in [-0.2, 0) is 33.2 Å². The third-order valence-corrected chi connectivity index (χ3v) is 15.6. The highest BCUT2D eigenvalue weighted by Gasteiger charge is 2.66. The third kappa shape index (κ3) is 6.57. The van der Waals surface area contributed by atoms with Gasteiger partial charge in [-0.05, 0) is 88.0 Å². The van der Waals surface area contributed by atoms with E-state index >= 15 is 0 Å². The van der Waals surface area contributed by atoms with Gasteiger partial charge in [0.1, 0.15) is 42.7 Å². The van der Waals surface area contributed by atoms with Crippen molar-refractivity contribution in [2.75, 3.05) is 13.7 Å². The van der Waals surface area contributed by atoms with Gasteiger partial charge in [-0.15, -0.1) is 0 Å². The molecule has 0 aromatic carbocycles. The number of aliphatic hydroxyl groups is 7. The Morgan fingerprint density at radius 3 is 2.20 bits per heavy atom. The largest absolute Gasteiger partial charge is 0.394 e. The quantitative estimate of drug-likeness (QED) is 0.186. The lowest BCUT2D eigenvalue weighted by Gasteiger charge is -2.59. The summed E-state index contributed by atoms with van der Waals surface area (Å²) >= 11 is 0. The summed E-state index contributed by atoms with van der Waals surface area (Å²) in [6, 6.07) is 0. The summed E-state index contributed by atoms with van der Waals surface area (Å²) in [5.41, 5.74) is -0.698. The minimum atomic E-state index is -1.53. The van der Waals surface area contributed by atoms with E-state index in [9.17, 15) is 40.5 Å². The summed E-state index contributed by atoms with van der Waals surface area (Å²) in [6.07, 6.45) is -4.78. The van der Waals surface area contributed by atoms with Crippen molar-refractivity contribution in [3.63, 3.8) is 0 Å². The molecule has 0 amide bonds. The molecule has 21 atom stereocenters. The molecule has 308 valence electrons. The van der Waals surface area contributed by atoms with Gasteiger partial charge in [0, 0.05) is 30.3 Å². The predicted octanol–water partition coefficient (Wildman–Crippen LogP) is 1.32. The Kier molecular flexibility index (Phi) is 11.6. The Labute approximate surface area is 318 Å². The first kappa shape index (κ1) is 41.1. The van der Waals surface area contributed by atoms with Crippen molar-refractivity contribution in [1.82, 2.24) is 0 Å². The molecule has 7 aliphatic rings. The fourth-order valence-corrected chi connectivity index (χ4v) is 11.9. The van der Waals surface area contributed by atoms with E-state index in [1.54, 1.807) is 6.92 Å². The summed E-state index contributed by atoms with van der Waals surface area (Å²) in [6.45, 7) is 9.67. The van der Waals surface area contributed by atoms with Gasteiger partial charge in [-0.3, -0.25) is 4.79 Å². The molecule has 3 heterocycles. The first-order chi connectivity index (χ1) is 25.5. The van der Waals surface area contributed by atoms with Crippen molar-refractivity contribution in [3.8, 4) is 0 Å². The Bertz CT molecular complexity index is 1390. The first-order valence-corrected chi connectivity index (χ1v) is 20.3. The fraction of sp³-hybridized carbons (Fsp3) is 0.925. The maximum absolute atomic E-state index is 14.1. The first-order valence-electron chi connectivity index (χ1n) is 20.3. The van der Waals surface area contributed by atoms with Gasteiger partial charge >= 0.3 is 0 Å². The van der Waals surface area contributed by atoms with Crippen LogP contribution < -0.4 is 0 Å². The summed E-state index contributed by atoms with van der Waals surface area (Å²) < 4.78 is 35.8. The van der Waals surface area contributed by atoms with Gasteiger partial charge < -0.3 is 64.2 Å². The van der Waals surface area contributed by atoms with E-state index in [-0.39, 0.29) is 46.9 Å². The molecule has 4 aliphatic carbocycles. The number of hydrogen-bond acceptors (Lipinski definition) is 14. The van der Waals surface area contributed by atoms with E-state index in [1.165, 1.54) is 7.11 Å². The molecule has 0 spiro atoms. The lowest BCUT2D eigenvalue weighted by molar-refractivity contribution is -0.356. The van der Waals surface area contributed by atoms with Gasteiger partial charge in [0.05, 0.1) is 30.5 Å². The van der Waals surface area contributed by atoms with E-state index in [0.29, 0.717) is 19.3 Å². The van der Waals surface area contributed by atoms with Crippen LogP contribution in [-0.4, -0.2) is 141 Å². The van der Waals surface area contributed by atoms with Crippen molar-refractivity contribution in [3.05, 3.63) is 11.6 Å². The van der Waals surface area contributed by atoms with Gasteiger partial charge in [-0.25, -0.2) is 0 Å². The van der Waals surface area contributed by atoms with E-state index in [1.807, 2.05) is 13.0 Å². The van der Waals surface area contributed by atoms with Gasteiger partial charge in [0.2, 0.25) is 0 Å². The molecule has 3 aliphatic heterocycles. The molecular formula is C40H64O14. The van der Waals surface area contributed by atoms with E-state index in [4.69, 9.17) is 28.4 Å².